The Bertz CT molecular complexity index is 720. The molecule has 0 bridgehead atoms. The summed E-state index contributed by atoms with van der Waals surface area (Å²) in [4.78, 5) is 42.4. The van der Waals surface area contributed by atoms with E-state index in [1.165, 1.54) is 12.0 Å². The van der Waals surface area contributed by atoms with Gasteiger partial charge in [0.1, 0.15) is 11.7 Å². The molecule has 0 N–H and O–H groups in total. The highest BCUT2D eigenvalue weighted by atomic mass is 19.4. The van der Waals surface area contributed by atoms with Gasteiger partial charge in [-0.15, -0.1) is 0 Å². The van der Waals surface area contributed by atoms with Crippen LogP contribution in [0.1, 0.15) is 18.5 Å². The van der Waals surface area contributed by atoms with Crippen LogP contribution >= 0.6 is 0 Å². The van der Waals surface area contributed by atoms with Crippen LogP contribution in [0.15, 0.2) is 18.3 Å². The number of aromatic nitrogens is 1. The first-order valence-corrected chi connectivity index (χ1v) is 7.51. The molecule has 25 heavy (non-hydrogen) atoms. The molecule has 2 unspecified atom stereocenters. The van der Waals surface area contributed by atoms with Crippen molar-refractivity contribution in [2.24, 2.45) is 5.92 Å². The van der Waals surface area contributed by atoms with E-state index < -0.39 is 41.7 Å². The van der Waals surface area contributed by atoms with Crippen molar-refractivity contribution in [3.63, 3.8) is 0 Å². The second kappa shape index (κ2) is 6.01. The highest BCUT2D eigenvalue weighted by Crippen LogP contribution is 2.35. The van der Waals surface area contributed by atoms with Gasteiger partial charge in [0.25, 0.3) is 5.91 Å². The standard InChI is InChI=1S/C15H14F3N3O4/c1-25-13(23)9-3-2-6-20-11(9)12(22)21(14(20)24)8-4-5-10(19-7-8)15(16,17)18/h4-5,7,9,11H,2-3,6H2,1H3. The topological polar surface area (TPSA) is 79.8 Å². The Kier molecular flexibility index (Phi) is 4.13. The number of fused-ring (bicyclic) bond motifs is 1. The minimum absolute atomic E-state index is 0.0685. The van der Waals surface area contributed by atoms with Crippen molar-refractivity contribution in [3.8, 4) is 0 Å². The number of ether oxygens (including phenoxy) is 1. The number of hydrogen-bond acceptors (Lipinski definition) is 5. The zero-order valence-corrected chi connectivity index (χ0v) is 13.1. The van der Waals surface area contributed by atoms with Crippen molar-refractivity contribution < 1.29 is 32.3 Å². The minimum Gasteiger partial charge on any atom is -0.469 e. The largest absolute Gasteiger partial charge is 0.469 e. The van der Waals surface area contributed by atoms with E-state index in [1.54, 1.807) is 0 Å². The summed E-state index contributed by atoms with van der Waals surface area (Å²) >= 11 is 0. The molecule has 0 aromatic carbocycles. The third-order valence-electron chi connectivity index (χ3n) is 4.34. The number of piperidine rings is 1. The molecule has 3 amide bonds. The number of amides is 3. The van der Waals surface area contributed by atoms with Gasteiger partial charge in [0.05, 0.1) is 24.9 Å². The molecule has 7 nitrogen and oxygen atoms in total. The zero-order valence-electron chi connectivity index (χ0n) is 13.1. The van der Waals surface area contributed by atoms with E-state index in [0.29, 0.717) is 18.9 Å². The van der Waals surface area contributed by atoms with Crippen molar-refractivity contribution >= 4 is 23.6 Å². The van der Waals surface area contributed by atoms with Gasteiger partial charge < -0.3 is 9.64 Å². The maximum atomic E-state index is 12.7. The third-order valence-corrected chi connectivity index (χ3v) is 4.34. The maximum absolute atomic E-state index is 12.7. The third kappa shape index (κ3) is 2.81. The van der Waals surface area contributed by atoms with Crippen LogP contribution < -0.4 is 4.90 Å². The molecule has 2 atom stereocenters. The molecular weight excluding hydrogens is 343 g/mol. The van der Waals surface area contributed by atoms with Crippen molar-refractivity contribution in [3.05, 3.63) is 24.0 Å². The molecule has 134 valence electrons. The number of alkyl halides is 3. The first kappa shape index (κ1) is 17.2. The summed E-state index contributed by atoms with van der Waals surface area (Å²) in [7, 11) is 1.19. The summed E-state index contributed by atoms with van der Waals surface area (Å²) in [6.45, 7) is 0.285. The Morgan fingerprint density at radius 1 is 1.32 bits per heavy atom. The summed E-state index contributed by atoms with van der Waals surface area (Å²) in [5.41, 5.74) is -1.19. The first-order chi connectivity index (χ1) is 11.8. The normalized spacial score (nSPS) is 23.7. The van der Waals surface area contributed by atoms with Gasteiger partial charge >= 0.3 is 18.2 Å². The van der Waals surface area contributed by atoms with E-state index in [1.807, 2.05) is 0 Å². The van der Waals surface area contributed by atoms with Gasteiger partial charge in [-0.3, -0.25) is 9.59 Å². The quantitative estimate of drug-likeness (QED) is 0.596. The number of nitrogens with zero attached hydrogens (tertiary/aromatic N) is 3. The predicted molar refractivity (Wildman–Crippen MR) is 77.4 cm³/mol. The average Bonchev–Trinajstić information content (AvgIpc) is 2.85. The summed E-state index contributed by atoms with van der Waals surface area (Å²) in [5, 5.41) is 0. The van der Waals surface area contributed by atoms with Crippen LogP contribution in [-0.4, -0.2) is 47.5 Å². The van der Waals surface area contributed by atoms with Crippen molar-refractivity contribution in [1.29, 1.82) is 0 Å². The molecular formula is C15H14F3N3O4. The Morgan fingerprint density at radius 2 is 2.04 bits per heavy atom. The van der Waals surface area contributed by atoms with Crippen LogP contribution in [0.2, 0.25) is 0 Å². The number of pyridine rings is 1. The van der Waals surface area contributed by atoms with E-state index in [9.17, 15) is 27.6 Å². The molecule has 3 heterocycles. The van der Waals surface area contributed by atoms with Gasteiger partial charge in [-0.1, -0.05) is 0 Å². The molecule has 2 aliphatic rings. The number of hydrogen-bond donors (Lipinski definition) is 0. The number of anilines is 1. The highest BCUT2D eigenvalue weighted by Gasteiger charge is 2.53. The van der Waals surface area contributed by atoms with Gasteiger partial charge in [0.2, 0.25) is 0 Å². The predicted octanol–water partition coefficient (Wildman–Crippen LogP) is 1.82. The fraction of sp³-hybridized carbons (Fsp3) is 0.467. The molecule has 10 heteroatoms. The molecule has 0 aliphatic carbocycles. The lowest BCUT2D eigenvalue weighted by Gasteiger charge is -2.31. The number of carbonyl (C=O) groups excluding carboxylic acids is 3. The lowest BCUT2D eigenvalue weighted by atomic mass is 9.89. The van der Waals surface area contributed by atoms with E-state index in [0.717, 1.165) is 17.2 Å². The number of imide groups is 1. The van der Waals surface area contributed by atoms with E-state index >= 15 is 0 Å². The van der Waals surface area contributed by atoms with Crippen LogP contribution in [0, 0.1) is 5.92 Å². The molecule has 0 radical (unpaired) electrons. The smallest absolute Gasteiger partial charge is 0.433 e. The molecule has 1 aromatic rings. The van der Waals surface area contributed by atoms with Crippen LogP contribution in [0.25, 0.3) is 0 Å². The lowest BCUT2D eigenvalue weighted by Crippen LogP contribution is -2.48. The number of rotatable bonds is 2. The average molecular weight is 357 g/mol. The molecule has 2 saturated heterocycles. The van der Waals surface area contributed by atoms with Gasteiger partial charge in [-0.25, -0.2) is 14.7 Å². The van der Waals surface area contributed by atoms with Crippen LogP contribution in [-0.2, 0) is 20.5 Å². The Balaban J connectivity index is 1.92. The summed E-state index contributed by atoms with van der Waals surface area (Å²) in [5.74, 6) is -2.05. The molecule has 2 fully saturated rings. The van der Waals surface area contributed by atoms with E-state index in [2.05, 4.69) is 4.98 Å². The fourth-order valence-corrected chi connectivity index (χ4v) is 3.19. The Hall–Kier alpha value is -2.65. The highest BCUT2D eigenvalue weighted by molar-refractivity contribution is 6.22. The summed E-state index contributed by atoms with van der Waals surface area (Å²) in [6.07, 6.45) is -2.88. The molecule has 3 rings (SSSR count). The number of urea groups is 1. The van der Waals surface area contributed by atoms with Gasteiger partial charge in [-0.05, 0) is 25.0 Å². The molecule has 2 aliphatic heterocycles. The minimum atomic E-state index is -4.62. The second-order valence-electron chi connectivity index (χ2n) is 5.77. The first-order valence-electron chi connectivity index (χ1n) is 7.51. The van der Waals surface area contributed by atoms with Gasteiger partial charge in [0, 0.05) is 6.54 Å². The van der Waals surface area contributed by atoms with Gasteiger partial charge in [0.15, 0.2) is 0 Å². The van der Waals surface area contributed by atoms with E-state index in [4.69, 9.17) is 4.74 Å². The Morgan fingerprint density at radius 3 is 2.60 bits per heavy atom. The maximum Gasteiger partial charge on any atom is 0.433 e. The monoisotopic (exact) mass is 357 g/mol. The number of methoxy groups -OCH3 is 1. The van der Waals surface area contributed by atoms with Crippen molar-refractivity contribution in [1.82, 2.24) is 9.88 Å². The van der Waals surface area contributed by atoms with Gasteiger partial charge in [-0.2, -0.15) is 13.2 Å². The van der Waals surface area contributed by atoms with Crippen LogP contribution in [0.4, 0.5) is 23.7 Å². The summed E-state index contributed by atoms with van der Waals surface area (Å²) < 4.78 is 42.5. The van der Waals surface area contributed by atoms with Crippen molar-refractivity contribution in [2.45, 2.75) is 25.1 Å². The fourth-order valence-electron chi connectivity index (χ4n) is 3.19. The second-order valence-corrected chi connectivity index (χ2v) is 5.77. The SMILES string of the molecule is COC(=O)C1CCCN2C(=O)N(c3ccc(C(F)(F)F)nc3)C(=O)C12. The zero-order chi connectivity index (χ0) is 18.4. The number of halogens is 3. The number of esters is 1. The van der Waals surface area contributed by atoms with E-state index in [-0.39, 0.29) is 12.2 Å². The van der Waals surface area contributed by atoms with Crippen LogP contribution in [0.3, 0.4) is 0 Å². The van der Waals surface area contributed by atoms with Crippen LogP contribution in [0.5, 0.6) is 0 Å². The molecule has 0 spiro atoms. The van der Waals surface area contributed by atoms with Crippen molar-refractivity contribution in [2.75, 3.05) is 18.6 Å². The number of carbonyl (C=O) groups is 3. The molecule has 1 aromatic heterocycles. The lowest BCUT2D eigenvalue weighted by molar-refractivity contribution is -0.150. The summed E-state index contributed by atoms with van der Waals surface area (Å²) in [6, 6.07) is 0.0310. The Labute approximate surface area is 140 Å². The molecule has 0 saturated carbocycles.